The van der Waals surface area contributed by atoms with Gasteiger partial charge in [0.05, 0.1) is 30.8 Å². The maximum atomic E-state index is 14.0. The number of imidazole rings is 1. The van der Waals surface area contributed by atoms with Gasteiger partial charge in [-0.2, -0.15) is 0 Å². The number of nitrogens with zero attached hydrogens (tertiary/aromatic N) is 3. The molecule has 1 aliphatic heterocycles. The van der Waals surface area contributed by atoms with Gasteiger partial charge < -0.3 is 19.1 Å². The fourth-order valence-electron chi connectivity index (χ4n) is 4.82. The molecule has 1 N–H and O–H groups in total. The number of aromatic nitrogens is 2. The summed E-state index contributed by atoms with van der Waals surface area (Å²) < 4.78 is 12.6. The maximum Gasteiger partial charge on any atom is 0.321 e. The summed E-state index contributed by atoms with van der Waals surface area (Å²) in [7, 11) is 1.46. The largest absolute Gasteiger partial charge is 0.504 e. The van der Waals surface area contributed by atoms with Gasteiger partial charge in [-0.25, -0.2) is 4.98 Å². The molecule has 1 aromatic heterocycles. The van der Waals surface area contributed by atoms with Gasteiger partial charge in [0.1, 0.15) is 0 Å². The van der Waals surface area contributed by atoms with Gasteiger partial charge >= 0.3 is 5.97 Å². The Hall–Kier alpha value is -4.33. The van der Waals surface area contributed by atoms with Crippen LogP contribution < -0.4 is 9.64 Å². The number of para-hydroxylation sites is 2. The number of anilines is 1. The number of aromatic hydroxyl groups is 1. The number of esters is 1. The highest BCUT2D eigenvalue weighted by Crippen LogP contribution is 2.43. The monoisotopic (exact) mass is 485 g/mol. The smallest absolute Gasteiger partial charge is 0.321 e. The van der Waals surface area contributed by atoms with Gasteiger partial charge in [0.15, 0.2) is 17.4 Å². The van der Waals surface area contributed by atoms with Crippen LogP contribution in [0.5, 0.6) is 11.5 Å². The predicted molar refractivity (Wildman–Crippen MR) is 135 cm³/mol. The van der Waals surface area contributed by atoms with Crippen LogP contribution in [0, 0.1) is 5.92 Å². The Labute approximate surface area is 208 Å². The molecule has 4 aromatic rings. The van der Waals surface area contributed by atoms with E-state index < -0.39 is 17.9 Å². The van der Waals surface area contributed by atoms with E-state index in [1.807, 2.05) is 59.2 Å². The molecule has 0 saturated heterocycles. The highest BCUT2D eigenvalue weighted by Gasteiger charge is 2.47. The van der Waals surface area contributed by atoms with E-state index in [0.29, 0.717) is 30.0 Å². The molecule has 0 unspecified atom stereocenters. The number of rotatable bonds is 7. The summed E-state index contributed by atoms with van der Waals surface area (Å²) in [6, 6.07) is 21.6. The molecule has 0 aliphatic carbocycles. The third-order valence-corrected chi connectivity index (χ3v) is 6.50. The highest BCUT2D eigenvalue weighted by molar-refractivity contribution is 6.08. The number of phenolic OH excluding ortho intramolecular Hbond substituents is 1. The summed E-state index contributed by atoms with van der Waals surface area (Å²) in [5.41, 5.74) is 3.20. The summed E-state index contributed by atoms with van der Waals surface area (Å²) in [5, 5.41) is 10.2. The standard InChI is InChI=1S/C28H27N3O5/c1-3-36-27(34)24-25(19-13-14-22(32)23(17-19)35-2)31-21-12-8-7-11-20(21)29-28(31)30(26(24)33)16-15-18-9-5-4-6-10-18/h4-14,17,24-25,32H,3,15-16H2,1-2H3/t24-,25+/m0/s1. The lowest BCUT2D eigenvalue weighted by Gasteiger charge is -2.38. The molecule has 3 aromatic carbocycles. The van der Waals surface area contributed by atoms with Crippen LogP contribution in [-0.2, 0) is 20.7 Å². The van der Waals surface area contributed by atoms with Gasteiger partial charge in [-0.15, -0.1) is 0 Å². The fraction of sp³-hybridized carbons (Fsp3) is 0.250. The molecule has 184 valence electrons. The van der Waals surface area contributed by atoms with E-state index in [2.05, 4.69) is 0 Å². The van der Waals surface area contributed by atoms with Gasteiger partial charge in [0.2, 0.25) is 11.9 Å². The van der Waals surface area contributed by atoms with Crippen LogP contribution in [0.15, 0.2) is 72.8 Å². The molecule has 0 saturated carbocycles. The minimum absolute atomic E-state index is 0.0312. The minimum Gasteiger partial charge on any atom is -0.504 e. The second kappa shape index (κ2) is 9.73. The summed E-state index contributed by atoms with van der Waals surface area (Å²) in [5.74, 6) is -1.43. The SMILES string of the molecule is CCOC(=O)[C@@H]1C(=O)N(CCc2ccccc2)c2nc3ccccc3n2[C@@H]1c1ccc(O)c(OC)c1. The fourth-order valence-corrected chi connectivity index (χ4v) is 4.82. The molecule has 8 nitrogen and oxygen atoms in total. The number of fused-ring (bicyclic) bond motifs is 3. The highest BCUT2D eigenvalue weighted by atomic mass is 16.5. The topological polar surface area (TPSA) is 93.9 Å². The van der Waals surface area contributed by atoms with E-state index >= 15 is 0 Å². The Morgan fingerprint density at radius 2 is 1.81 bits per heavy atom. The van der Waals surface area contributed by atoms with Crippen molar-refractivity contribution in [3.8, 4) is 11.5 Å². The number of amides is 1. The lowest BCUT2D eigenvalue weighted by atomic mass is 9.89. The van der Waals surface area contributed by atoms with E-state index in [-0.39, 0.29) is 24.0 Å². The van der Waals surface area contributed by atoms with Crippen molar-refractivity contribution in [1.82, 2.24) is 9.55 Å². The molecule has 0 spiro atoms. The van der Waals surface area contributed by atoms with Crippen molar-refractivity contribution < 1.29 is 24.2 Å². The van der Waals surface area contributed by atoms with Crippen LogP contribution in [0.4, 0.5) is 5.95 Å². The lowest BCUT2D eigenvalue weighted by Crippen LogP contribution is -2.50. The Kier molecular flexibility index (Phi) is 6.33. The number of phenols is 1. The molecule has 1 amide bonds. The first-order chi connectivity index (χ1) is 17.5. The van der Waals surface area contributed by atoms with E-state index in [1.165, 1.54) is 13.2 Å². The van der Waals surface area contributed by atoms with E-state index in [9.17, 15) is 14.7 Å². The number of carbonyl (C=O) groups excluding carboxylic acids is 2. The van der Waals surface area contributed by atoms with Crippen molar-refractivity contribution in [2.75, 3.05) is 25.2 Å². The van der Waals surface area contributed by atoms with Crippen molar-refractivity contribution in [2.24, 2.45) is 5.92 Å². The van der Waals surface area contributed by atoms with Crippen molar-refractivity contribution in [3.05, 3.63) is 83.9 Å². The zero-order valence-electron chi connectivity index (χ0n) is 20.1. The quantitative estimate of drug-likeness (QED) is 0.313. The van der Waals surface area contributed by atoms with Crippen LogP contribution >= 0.6 is 0 Å². The number of hydrogen-bond acceptors (Lipinski definition) is 6. The zero-order valence-corrected chi connectivity index (χ0v) is 20.1. The summed E-state index contributed by atoms with van der Waals surface area (Å²) in [6.45, 7) is 2.22. The first kappa shape index (κ1) is 23.4. The number of benzene rings is 3. The van der Waals surface area contributed by atoms with Gasteiger partial charge in [-0.05, 0) is 48.7 Å². The lowest BCUT2D eigenvalue weighted by molar-refractivity contribution is -0.153. The second-order valence-electron chi connectivity index (χ2n) is 8.60. The zero-order chi connectivity index (χ0) is 25.2. The molecule has 2 heterocycles. The molecule has 2 atom stereocenters. The van der Waals surface area contributed by atoms with Gasteiger partial charge in [-0.1, -0.05) is 48.5 Å². The molecular formula is C28H27N3O5. The summed E-state index contributed by atoms with van der Waals surface area (Å²) in [6.07, 6.45) is 0.600. The third-order valence-electron chi connectivity index (χ3n) is 6.50. The van der Waals surface area contributed by atoms with Crippen molar-refractivity contribution in [1.29, 1.82) is 0 Å². The molecule has 0 fully saturated rings. The van der Waals surface area contributed by atoms with E-state index in [4.69, 9.17) is 14.5 Å². The van der Waals surface area contributed by atoms with Crippen LogP contribution in [0.2, 0.25) is 0 Å². The average molecular weight is 486 g/mol. The third kappa shape index (κ3) is 4.04. The van der Waals surface area contributed by atoms with Gasteiger partial charge in [0.25, 0.3) is 0 Å². The first-order valence-corrected chi connectivity index (χ1v) is 11.9. The summed E-state index contributed by atoms with van der Waals surface area (Å²) >= 11 is 0. The summed E-state index contributed by atoms with van der Waals surface area (Å²) in [4.78, 5) is 33.7. The molecule has 1 aliphatic rings. The molecule has 36 heavy (non-hydrogen) atoms. The van der Waals surface area contributed by atoms with Gasteiger partial charge in [0, 0.05) is 6.54 Å². The van der Waals surface area contributed by atoms with Crippen molar-refractivity contribution in [3.63, 3.8) is 0 Å². The number of carbonyl (C=O) groups is 2. The van der Waals surface area contributed by atoms with Crippen LogP contribution in [-0.4, -0.2) is 46.8 Å². The van der Waals surface area contributed by atoms with Crippen LogP contribution in [0.1, 0.15) is 24.1 Å². The Balaban J connectivity index is 1.70. The molecule has 8 heteroatoms. The molecule has 0 bridgehead atoms. The molecular weight excluding hydrogens is 458 g/mol. The van der Waals surface area contributed by atoms with Crippen LogP contribution in [0.25, 0.3) is 11.0 Å². The van der Waals surface area contributed by atoms with E-state index in [0.717, 1.165) is 11.1 Å². The number of hydrogen-bond donors (Lipinski definition) is 1. The second-order valence-corrected chi connectivity index (χ2v) is 8.60. The average Bonchev–Trinajstić information content (AvgIpc) is 3.28. The van der Waals surface area contributed by atoms with Crippen molar-refractivity contribution in [2.45, 2.75) is 19.4 Å². The van der Waals surface area contributed by atoms with E-state index in [1.54, 1.807) is 24.0 Å². The van der Waals surface area contributed by atoms with Gasteiger partial charge in [-0.3, -0.25) is 14.5 Å². The molecule has 5 rings (SSSR count). The van der Waals surface area contributed by atoms with Crippen LogP contribution in [0.3, 0.4) is 0 Å². The molecule has 0 radical (unpaired) electrons. The Morgan fingerprint density at radius 1 is 1.06 bits per heavy atom. The normalized spacial score (nSPS) is 17.2. The maximum absolute atomic E-state index is 14.0. The first-order valence-electron chi connectivity index (χ1n) is 11.9. The minimum atomic E-state index is -1.14. The number of ether oxygens (including phenoxy) is 2. The van der Waals surface area contributed by atoms with Crippen molar-refractivity contribution >= 4 is 28.9 Å². The Bertz CT molecular complexity index is 1420. The predicted octanol–water partition coefficient (Wildman–Crippen LogP) is 4.11. The Morgan fingerprint density at radius 3 is 2.56 bits per heavy atom. The number of methoxy groups -OCH3 is 1.